The molecule has 1 heterocycles. The molecule has 0 aliphatic rings. The summed E-state index contributed by atoms with van der Waals surface area (Å²) in [6.07, 6.45) is 2.23. The van der Waals surface area contributed by atoms with Crippen molar-refractivity contribution in [2.75, 3.05) is 12.4 Å². The first-order chi connectivity index (χ1) is 7.65. The Labute approximate surface area is 112 Å². The van der Waals surface area contributed by atoms with E-state index >= 15 is 0 Å². The van der Waals surface area contributed by atoms with Crippen molar-refractivity contribution in [1.82, 2.24) is 5.32 Å². The van der Waals surface area contributed by atoms with E-state index in [2.05, 4.69) is 25.2 Å². The molecule has 0 aliphatic carbocycles. The van der Waals surface area contributed by atoms with Crippen LogP contribution in [0.4, 0.5) is 0 Å². The van der Waals surface area contributed by atoms with Gasteiger partial charge in [-0.1, -0.05) is 25.4 Å². The average Bonchev–Trinajstić information content (AvgIpc) is 2.71. The van der Waals surface area contributed by atoms with Gasteiger partial charge in [0.2, 0.25) is 0 Å². The summed E-state index contributed by atoms with van der Waals surface area (Å²) >= 11 is 13.6. The fourth-order valence-corrected chi connectivity index (χ4v) is 3.16. The zero-order chi connectivity index (χ0) is 12.0. The van der Waals surface area contributed by atoms with Crippen LogP contribution in [0.1, 0.15) is 31.6 Å². The topological polar surface area (TPSA) is 12.0 Å². The first-order valence-corrected chi connectivity index (χ1v) is 7.39. The van der Waals surface area contributed by atoms with Crippen LogP contribution in [-0.2, 0) is 6.54 Å². The summed E-state index contributed by atoms with van der Waals surface area (Å²) in [5, 5.41) is 3.48. The fourth-order valence-electron chi connectivity index (χ4n) is 1.63. The van der Waals surface area contributed by atoms with Gasteiger partial charge in [0.25, 0.3) is 0 Å². The van der Waals surface area contributed by atoms with Crippen molar-refractivity contribution in [3.05, 3.63) is 21.3 Å². The third-order valence-corrected chi connectivity index (χ3v) is 5.01. The van der Waals surface area contributed by atoms with E-state index < -0.39 is 0 Å². The van der Waals surface area contributed by atoms with Crippen LogP contribution in [0.25, 0.3) is 0 Å². The Hall–Kier alpha value is 0.240. The zero-order valence-corrected chi connectivity index (χ0v) is 12.2. The molecule has 0 saturated heterocycles. The SMILES string of the molecule is CCC(CC)(CCl)CNCc1ccc(Cl)s1. The number of hydrogen-bond donors (Lipinski definition) is 1. The summed E-state index contributed by atoms with van der Waals surface area (Å²) in [5.41, 5.74) is 0.239. The van der Waals surface area contributed by atoms with E-state index in [-0.39, 0.29) is 5.41 Å². The smallest absolute Gasteiger partial charge is 0.0931 e. The maximum absolute atomic E-state index is 6.05. The molecule has 92 valence electrons. The highest BCUT2D eigenvalue weighted by atomic mass is 35.5. The van der Waals surface area contributed by atoms with Crippen molar-refractivity contribution in [2.24, 2.45) is 5.41 Å². The van der Waals surface area contributed by atoms with E-state index in [0.717, 1.165) is 36.1 Å². The number of hydrogen-bond acceptors (Lipinski definition) is 2. The second-order valence-electron chi connectivity index (χ2n) is 4.15. The monoisotopic (exact) mass is 279 g/mol. The van der Waals surface area contributed by atoms with Crippen LogP contribution in [0.15, 0.2) is 12.1 Å². The normalized spacial score (nSPS) is 12.0. The lowest BCUT2D eigenvalue weighted by Crippen LogP contribution is -2.34. The minimum Gasteiger partial charge on any atom is -0.311 e. The number of thiophene rings is 1. The summed E-state index contributed by atoms with van der Waals surface area (Å²) in [4.78, 5) is 1.28. The van der Waals surface area contributed by atoms with Crippen LogP contribution in [0.3, 0.4) is 0 Å². The molecule has 16 heavy (non-hydrogen) atoms. The van der Waals surface area contributed by atoms with Crippen LogP contribution in [0.5, 0.6) is 0 Å². The van der Waals surface area contributed by atoms with E-state index in [4.69, 9.17) is 23.2 Å². The molecule has 0 aromatic carbocycles. The van der Waals surface area contributed by atoms with Crippen molar-refractivity contribution in [3.63, 3.8) is 0 Å². The van der Waals surface area contributed by atoms with Crippen molar-refractivity contribution in [1.29, 1.82) is 0 Å². The molecular formula is C12H19Cl2NS. The molecule has 0 atom stereocenters. The Bertz CT molecular complexity index is 299. The average molecular weight is 280 g/mol. The number of rotatable bonds is 7. The summed E-state index contributed by atoms with van der Waals surface area (Å²) < 4.78 is 0.853. The van der Waals surface area contributed by atoms with Gasteiger partial charge in [-0.05, 0) is 30.4 Å². The van der Waals surface area contributed by atoms with E-state index in [1.54, 1.807) is 11.3 Å². The second kappa shape index (κ2) is 6.85. The van der Waals surface area contributed by atoms with Crippen molar-refractivity contribution in [2.45, 2.75) is 33.2 Å². The van der Waals surface area contributed by atoms with E-state index in [9.17, 15) is 0 Å². The van der Waals surface area contributed by atoms with Gasteiger partial charge in [-0.15, -0.1) is 22.9 Å². The molecule has 0 spiro atoms. The lowest BCUT2D eigenvalue weighted by molar-refractivity contribution is 0.286. The van der Waals surface area contributed by atoms with Crippen LogP contribution in [0.2, 0.25) is 4.34 Å². The van der Waals surface area contributed by atoms with Crippen molar-refractivity contribution in [3.8, 4) is 0 Å². The maximum Gasteiger partial charge on any atom is 0.0931 e. The lowest BCUT2D eigenvalue weighted by Gasteiger charge is -2.29. The van der Waals surface area contributed by atoms with E-state index in [1.165, 1.54) is 4.88 Å². The molecule has 0 saturated carbocycles. The van der Waals surface area contributed by atoms with Crippen LogP contribution < -0.4 is 5.32 Å². The first kappa shape index (κ1) is 14.3. The summed E-state index contributed by atoms with van der Waals surface area (Å²) in [6.45, 7) is 6.26. The van der Waals surface area contributed by atoms with Crippen LogP contribution in [-0.4, -0.2) is 12.4 Å². The molecule has 1 nitrogen and oxygen atoms in total. The third-order valence-electron chi connectivity index (χ3n) is 3.21. The van der Waals surface area contributed by atoms with Gasteiger partial charge in [0.05, 0.1) is 4.34 Å². The highest BCUT2D eigenvalue weighted by Gasteiger charge is 2.24. The molecule has 0 radical (unpaired) electrons. The van der Waals surface area contributed by atoms with Crippen molar-refractivity contribution >= 4 is 34.5 Å². The van der Waals surface area contributed by atoms with E-state index in [0.29, 0.717) is 0 Å². The third kappa shape index (κ3) is 3.92. The van der Waals surface area contributed by atoms with Gasteiger partial charge in [0.15, 0.2) is 0 Å². The second-order valence-corrected chi connectivity index (χ2v) is 6.22. The minimum atomic E-state index is 0.239. The van der Waals surface area contributed by atoms with Crippen molar-refractivity contribution < 1.29 is 0 Å². The van der Waals surface area contributed by atoms with E-state index in [1.807, 2.05) is 6.07 Å². The Balaban J connectivity index is 2.39. The molecule has 1 aromatic heterocycles. The van der Waals surface area contributed by atoms with Gasteiger partial charge in [-0.2, -0.15) is 0 Å². The van der Waals surface area contributed by atoms with Crippen LogP contribution >= 0.6 is 34.5 Å². The number of nitrogens with one attached hydrogen (secondary N) is 1. The Morgan fingerprint density at radius 1 is 1.31 bits per heavy atom. The highest BCUT2D eigenvalue weighted by Crippen LogP contribution is 2.27. The molecule has 0 bridgehead atoms. The molecule has 0 fully saturated rings. The molecular weight excluding hydrogens is 261 g/mol. The Morgan fingerprint density at radius 3 is 2.44 bits per heavy atom. The van der Waals surface area contributed by atoms with Gasteiger partial charge in [-0.25, -0.2) is 0 Å². The number of alkyl halides is 1. The van der Waals surface area contributed by atoms with Gasteiger partial charge in [-0.3, -0.25) is 0 Å². The zero-order valence-electron chi connectivity index (χ0n) is 9.85. The molecule has 0 unspecified atom stereocenters. The summed E-state index contributed by atoms with van der Waals surface area (Å²) in [5.74, 6) is 0.720. The predicted molar refractivity (Wildman–Crippen MR) is 74.8 cm³/mol. The van der Waals surface area contributed by atoms with Gasteiger partial charge < -0.3 is 5.32 Å². The number of halogens is 2. The standard InChI is InChI=1S/C12H19Cl2NS/c1-3-12(4-2,8-13)9-15-7-10-5-6-11(14)16-10/h5-6,15H,3-4,7-9H2,1-2H3. The predicted octanol–water partition coefficient (Wildman–Crippen LogP) is 4.54. The molecule has 1 rings (SSSR count). The fraction of sp³-hybridized carbons (Fsp3) is 0.667. The molecule has 1 N–H and O–H groups in total. The molecule has 0 amide bonds. The lowest BCUT2D eigenvalue weighted by atomic mass is 9.84. The summed E-state index contributed by atoms with van der Waals surface area (Å²) in [6, 6.07) is 4.01. The van der Waals surface area contributed by atoms with Crippen LogP contribution in [0, 0.1) is 5.41 Å². The molecule has 0 aliphatic heterocycles. The van der Waals surface area contributed by atoms with Gasteiger partial charge in [0.1, 0.15) is 0 Å². The largest absolute Gasteiger partial charge is 0.311 e. The van der Waals surface area contributed by atoms with Gasteiger partial charge in [0, 0.05) is 23.8 Å². The minimum absolute atomic E-state index is 0.239. The Kier molecular flexibility index (Phi) is 6.12. The quantitative estimate of drug-likeness (QED) is 0.723. The molecule has 4 heteroatoms. The first-order valence-electron chi connectivity index (χ1n) is 5.66. The molecule has 1 aromatic rings. The highest BCUT2D eigenvalue weighted by molar-refractivity contribution is 7.16. The Morgan fingerprint density at radius 2 is 2.00 bits per heavy atom. The maximum atomic E-state index is 6.05. The van der Waals surface area contributed by atoms with Gasteiger partial charge >= 0.3 is 0 Å². The summed E-state index contributed by atoms with van der Waals surface area (Å²) in [7, 11) is 0.